The minimum Gasteiger partial charge on any atom is -0.331 e. The van der Waals surface area contributed by atoms with Gasteiger partial charge in [-0.3, -0.25) is 9.59 Å². The van der Waals surface area contributed by atoms with Crippen molar-refractivity contribution >= 4 is 17.6 Å². The SMILES string of the molecule is C[C@@]1(C2=CC(F)=CC(F)C2)CNC2(CCCC2)C(=O)N1CCCc1ccc2c(c1)CC1(C2)C(=O)Nc2ncccc21. The van der Waals surface area contributed by atoms with Gasteiger partial charge in [0.2, 0.25) is 11.8 Å². The number of carbonyl (C=O) groups excluding carboxylic acids is 2. The van der Waals surface area contributed by atoms with E-state index in [2.05, 4.69) is 33.8 Å². The van der Waals surface area contributed by atoms with E-state index in [-0.39, 0.29) is 18.2 Å². The zero-order chi connectivity index (χ0) is 28.4. The van der Waals surface area contributed by atoms with Gasteiger partial charge in [-0.1, -0.05) is 37.1 Å². The highest BCUT2D eigenvalue weighted by Gasteiger charge is 2.54. The van der Waals surface area contributed by atoms with Crippen molar-refractivity contribution < 1.29 is 18.4 Å². The van der Waals surface area contributed by atoms with E-state index in [1.807, 2.05) is 24.0 Å². The second kappa shape index (κ2) is 9.58. The second-order valence-electron chi connectivity index (χ2n) is 12.8. The number of fused-ring (bicyclic) bond motifs is 3. The number of pyridine rings is 1. The summed E-state index contributed by atoms with van der Waals surface area (Å²) in [6, 6.07) is 10.4. The fraction of sp³-hybridized carbons (Fsp3) is 0.485. The number of aryl methyl sites for hydroxylation is 1. The first kappa shape index (κ1) is 26.5. The van der Waals surface area contributed by atoms with Gasteiger partial charge in [-0.25, -0.2) is 13.8 Å². The van der Waals surface area contributed by atoms with Gasteiger partial charge in [0.25, 0.3) is 0 Å². The van der Waals surface area contributed by atoms with Gasteiger partial charge in [-0.15, -0.1) is 0 Å². The number of hydrogen-bond donors (Lipinski definition) is 2. The van der Waals surface area contributed by atoms with Crippen LogP contribution in [0.25, 0.3) is 0 Å². The van der Waals surface area contributed by atoms with Crippen molar-refractivity contribution in [1.82, 2.24) is 15.2 Å². The van der Waals surface area contributed by atoms with Crippen LogP contribution in [0.5, 0.6) is 0 Å². The zero-order valence-corrected chi connectivity index (χ0v) is 23.4. The van der Waals surface area contributed by atoms with Gasteiger partial charge in [-0.05, 0) is 85.9 Å². The summed E-state index contributed by atoms with van der Waals surface area (Å²) in [6.45, 7) is 2.95. The maximum Gasteiger partial charge on any atom is 0.243 e. The highest BCUT2D eigenvalue weighted by molar-refractivity contribution is 6.06. The van der Waals surface area contributed by atoms with E-state index >= 15 is 0 Å². The number of rotatable bonds is 5. The van der Waals surface area contributed by atoms with Crippen LogP contribution in [0.4, 0.5) is 14.6 Å². The molecule has 3 heterocycles. The van der Waals surface area contributed by atoms with Gasteiger partial charge in [0.15, 0.2) is 0 Å². The lowest BCUT2D eigenvalue weighted by atomic mass is 9.78. The first-order valence-corrected chi connectivity index (χ1v) is 14.9. The van der Waals surface area contributed by atoms with Crippen molar-refractivity contribution in [3.63, 3.8) is 0 Å². The number of benzene rings is 1. The molecule has 2 amide bonds. The van der Waals surface area contributed by atoms with Crippen LogP contribution in [0.15, 0.2) is 60.1 Å². The Hall–Kier alpha value is -3.39. The first-order chi connectivity index (χ1) is 19.7. The molecular formula is C33H36F2N4O2. The molecule has 2 spiro atoms. The lowest BCUT2D eigenvalue weighted by Gasteiger charge is -2.53. The van der Waals surface area contributed by atoms with Crippen LogP contribution in [0.1, 0.15) is 67.7 Å². The lowest BCUT2D eigenvalue weighted by molar-refractivity contribution is -0.148. The number of aromatic nitrogens is 1. The summed E-state index contributed by atoms with van der Waals surface area (Å²) in [6.07, 6.45) is 9.28. The maximum atomic E-state index is 14.4. The molecule has 6 nitrogen and oxygen atoms in total. The molecule has 0 bridgehead atoms. The van der Waals surface area contributed by atoms with Crippen LogP contribution in [0.3, 0.4) is 0 Å². The van der Waals surface area contributed by atoms with Crippen molar-refractivity contribution in [2.75, 3.05) is 18.4 Å². The Morgan fingerprint density at radius 2 is 1.93 bits per heavy atom. The molecule has 41 heavy (non-hydrogen) atoms. The summed E-state index contributed by atoms with van der Waals surface area (Å²) in [5, 5.41) is 6.50. The summed E-state index contributed by atoms with van der Waals surface area (Å²) < 4.78 is 28.7. The largest absolute Gasteiger partial charge is 0.331 e. The molecular weight excluding hydrogens is 522 g/mol. The maximum absolute atomic E-state index is 14.4. The van der Waals surface area contributed by atoms with Crippen LogP contribution in [0, 0.1) is 0 Å². The first-order valence-electron chi connectivity index (χ1n) is 14.9. The average molecular weight is 559 g/mol. The van der Waals surface area contributed by atoms with Crippen molar-refractivity contribution in [1.29, 1.82) is 0 Å². The van der Waals surface area contributed by atoms with Crippen LogP contribution >= 0.6 is 0 Å². The quantitative estimate of drug-likeness (QED) is 0.540. The third-order valence-electron chi connectivity index (χ3n) is 10.3. The van der Waals surface area contributed by atoms with Crippen LogP contribution in [-0.2, 0) is 34.3 Å². The monoisotopic (exact) mass is 558 g/mol. The Morgan fingerprint density at radius 1 is 1.12 bits per heavy atom. The van der Waals surface area contributed by atoms with Gasteiger partial charge in [0.05, 0.1) is 16.5 Å². The number of anilines is 1. The van der Waals surface area contributed by atoms with Crippen molar-refractivity contribution in [2.24, 2.45) is 0 Å². The molecule has 1 aromatic heterocycles. The van der Waals surface area contributed by atoms with Gasteiger partial charge in [0, 0.05) is 31.3 Å². The lowest BCUT2D eigenvalue weighted by Crippen LogP contribution is -2.72. The number of hydrogen-bond acceptors (Lipinski definition) is 4. The Bertz CT molecular complexity index is 1500. The fourth-order valence-corrected chi connectivity index (χ4v) is 8.01. The molecule has 2 aliphatic heterocycles. The number of amides is 2. The van der Waals surface area contributed by atoms with E-state index in [1.165, 1.54) is 22.8 Å². The number of piperazine rings is 1. The predicted molar refractivity (Wildman–Crippen MR) is 153 cm³/mol. The number of allylic oxidation sites excluding steroid dienone is 3. The minimum absolute atomic E-state index is 0.0140. The average Bonchev–Trinajstić information content (AvgIpc) is 3.65. The van der Waals surface area contributed by atoms with Crippen LogP contribution < -0.4 is 10.6 Å². The van der Waals surface area contributed by atoms with Crippen molar-refractivity contribution in [3.05, 3.63) is 82.3 Å². The van der Waals surface area contributed by atoms with Gasteiger partial charge in [-0.2, -0.15) is 0 Å². The molecule has 3 atom stereocenters. The highest BCUT2D eigenvalue weighted by Crippen LogP contribution is 2.47. The zero-order valence-electron chi connectivity index (χ0n) is 23.4. The van der Waals surface area contributed by atoms with Gasteiger partial charge >= 0.3 is 0 Å². The molecule has 2 unspecified atom stereocenters. The van der Waals surface area contributed by atoms with Gasteiger partial charge in [0.1, 0.15) is 17.8 Å². The smallest absolute Gasteiger partial charge is 0.243 e. The third-order valence-corrected chi connectivity index (χ3v) is 10.3. The standard InChI is InChI=1S/C33H36F2N4O2/c1-31(24-15-25(34)17-26(35)16-24)20-37-33(10-2-3-11-33)30(41)39(31)13-5-6-21-8-9-22-18-32(19-23(22)14-21)27-7-4-12-36-28(27)38-29(32)40/h4,7-9,12,14-15,17,26,37H,2-3,5-6,10-11,13,16,18-20H2,1H3,(H,36,38,40)/t26?,31-,32?/m0/s1. The summed E-state index contributed by atoms with van der Waals surface area (Å²) in [5.41, 5.74) is 3.20. The number of alkyl halides is 1. The van der Waals surface area contributed by atoms with E-state index in [4.69, 9.17) is 0 Å². The van der Waals surface area contributed by atoms with E-state index in [1.54, 1.807) is 6.20 Å². The Labute approximate surface area is 239 Å². The predicted octanol–water partition coefficient (Wildman–Crippen LogP) is 5.03. The van der Waals surface area contributed by atoms with Gasteiger partial charge < -0.3 is 15.5 Å². The number of halogens is 2. The van der Waals surface area contributed by atoms with Crippen molar-refractivity contribution in [2.45, 2.75) is 87.4 Å². The number of nitrogens with one attached hydrogen (secondary N) is 2. The summed E-state index contributed by atoms with van der Waals surface area (Å²) in [7, 11) is 0. The van der Waals surface area contributed by atoms with Crippen LogP contribution in [0.2, 0.25) is 0 Å². The molecule has 5 aliphatic rings. The molecule has 1 saturated carbocycles. The fourth-order valence-electron chi connectivity index (χ4n) is 8.01. The van der Waals surface area contributed by atoms with E-state index in [0.717, 1.165) is 50.2 Å². The summed E-state index contributed by atoms with van der Waals surface area (Å²) >= 11 is 0. The second-order valence-corrected chi connectivity index (χ2v) is 12.8. The molecule has 2 N–H and O–H groups in total. The number of nitrogens with zero attached hydrogens (tertiary/aromatic N) is 2. The topological polar surface area (TPSA) is 74.3 Å². The Balaban J connectivity index is 1.10. The molecule has 2 aromatic rings. The third kappa shape index (κ3) is 4.17. The molecule has 0 radical (unpaired) electrons. The normalized spacial score (nSPS) is 29.9. The molecule has 3 aliphatic carbocycles. The Kier molecular flexibility index (Phi) is 6.19. The molecule has 1 saturated heterocycles. The molecule has 1 aromatic carbocycles. The molecule has 7 rings (SSSR count). The number of carbonyl (C=O) groups is 2. The van der Waals surface area contributed by atoms with Crippen LogP contribution in [-0.4, -0.2) is 52.0 Å². The highest BCUT2D eigenvalue weighted by atomic mass is 19.1. The molecule has 8 heteroatoms. The summed E-state index contributed by atoms with van der Waals surface area (Å²) in [5.74, 6) is 0.168. The minimum atomic E-state index is -1.38. The van der Waals surface area contributed by atoms with E-state index in [0.29, 0.717) is 37.3 Å². The molecule has 214 valence electrons. The molecule has 2 fully saturated rings. The van der Waals surface area contributed by atoms with Crippen molar-refractivity contribution in [3.8, 4) is 0 Å². The van der Waals surface area contributed by atoms with E-state index in [9.17, 15) is 18.4 Å². The summed E-state index contributed by atoms with van der Waals surface area (Å²) in [4.78, 5) is 33.4. The van der Waals surface area contributed by atoms with E-state index < -0.39 is 28.5 Å². The Morgan fingerprint density at radius 3 is 2.73 bits per heavy atom.